The Hall–Kier alpha value is -0.0400. The lowest BCUT2D eigenvalue weighted by Gasteiger charge is -2.19. The van der Waals surface area contributed by atoms with Gasteiger partial charge in [0.2, 0.25) is 0 Å². The normalized spacial score (nSPS) is 20.1. The van der Waals surface area contributed by atoms with Gasteiger partial charge < -0.3 is 5.73 Å². The van der Waals surface area contributed by atoms with Crippen molar-refractivity contribution in [3.63, 3.8) is 0 Å². The summed E-state index contributed by atoms with van der Waals surface area (Å²) in [7, 11) is 0. The van der Waals surface area contributed by atoms with E-state index in [0.717, 1.165) is 18.3 Å². The maximum atomic E-state index is 5.69. The highest BCUT2D eigenvalue weighted by atomic mass is 14.6. The third kappa shape index (κ3) is 3.89. The summed E-state index contributed by atoms with van der Waals surface area (Å²) in [5.74, 6) is 1.61. The van der Waals surface area contributed by atoms with E-state index in [4.69, 9.17) is 5.73 Å². The van der Waals surface area contributed by atoms with Crippen molar-refractivity contribution in [3.05, 3.63) is 0 Å². The molecule has 1 unspecified atom stereocenters. The highest BCUT2D eigenvalue weighted by Crippen LogP contribution is 2.18. The smallest absolute Gasteiger partial charge is 0.00131 e. The van der Waals surface area contributed by atoms with Crippen LogP contribution in [0.3, 0.4) is 0 Å². The molecule has 0 radical (unpaired) electrons. The van der Waals surface area contributed by atoms with Crippen LogP contribution in [0.15, 0.2) is 0 Å². The van der Waals surface area contributed by atoms with Crippen molar-refractivity contribution in [1.82, 2.24) is 0 Å². The molecule has 0 fully saturated rings. The van der Waals surface area contributed by atoms with Crippen molar-refractivity contribution < 1.29 is 0 Å². The van der Waals surface area contributed by atoms with Gasteiger partial charge in [0.05, 0.1) is 0 Å². The molecule has 3 atom stereocenters. The zero-order chi connectivity index (χ0) is 8.15. The van der Waals surface area contributed by atoms with Gasteiger partial charge in [0.15, 0.2) is 0 Å². The van der Waals surface area contributed by atoms with Gasteiger partial charge in [0, 0.05) is 6.04 Å². The van der Waals surface area contributed by atoms with Gasteiger partial charge in [-0.2, -0.15) is 0 Å². The fraction of sp³-hybridized carbons (Fsp3) is 1.00. The molecule has 0 saturated carbocycles. The molecule has 1 nitrogen and oxygen atoms in total. The molecule has 1 heteroatoms. The van der Waals surface area contributed by atoms with Gasteiger partial charge in [-0.15, -0.1) is 0 Å². The molecule has 0 amide bonds. The number of rotatable bonds is 4. The quantitative estimate of drug-likeness (QED) is 0.642. The van der Waals surface area contributed by atoms with Crippen LogP contribution in [0.1, 0.15) is 40.5 Å². The fourth-order valence-electron chi connectivity index (χ4n) is 1.22. The first-order chi connectivity index (χ1) is 4.57. The molecule has 10 heavy (non-hydrogen) atoms. The monoisotopic (exact) mass is 143 g/mol. The molecule has 0 bridgehead atoms. The Bertz CT molecular complexity index is 78.8. The highest BCUT2D eigenvalue weighted by molar-refractivity contribution is 4.65. The van der Waals surface area contributed by atoms with Crippen molar-refractivity contribution >= 4 is 0 Å². The Balaban J connectivity index is 3.50. The third-order valence-corrected chi connectivity index (χ3v) is 2.36. The zero-order valence-electron chi connectivity index (χ0n) is 7.72. The average Bonchev–Trinajstić information content (AvgIpc) is 1.85. The molecular formula is C9H21N. The summed E-state index contributed by atoms with van der Waals surface area (Å²) in [6.07, 6.45) is 2.43. The molecule has 0 heterocycles. The molecular weight excluding hydrogens is 122 g/mol. The van der Waals surface area contributed by atoms with E-state index in [9.17, 15) is 0 Å². The second kappa shape index (κ2) is 4.73. The van der Waals surface area contributed by atoms with Crippen LogP contribution in [0.5, 0.6) is 0 Å². The van der Waals surface area contributed by atoms with Crippen LogP contribution < -0.4 is 5.73 Å². The molecule has 0 spiro atoms. The van der Waals surface area contributed by atoms with Gasteiger partial charge in [0.1, 0.15) is 0 Å². The maximum absolute atomic E-state index is 5.69. The van der Waals surface area contributed by atoms with E-state index in [1.165, 1.54) is 6.42 Å². The highest BCUT2D eigenvalue weighted by Gasteiger charge is 2.11. The minimum Gasteiger partial charge on any atom is -0.328 e. The summed E-state index contributed by atoms with van der Waals surface area (Å²) in [6, 6.07) is 0.365. The standard InChI is InChI=1S/C9H21N/c1-5-7(2)8(3)6-9(4)10/h7-9H,5-6,10H2,1-4H3/t7-,8+,9?/m1/s1. The van der Waals surface area contributed by atoms with Crippen LogP contribution in [0, 0.1) is 11.8 Å². The van der Waals surface area contributed by atoms with E-state index < -0.39 is 0 Å². The van der Waals surface area contributed by atoms with E-state index in [-0.39, 0.29) is 0 Å². The van der Waals surface area contributed by atoms with Crippen LogP contribution in [-0.4, -0.2) is 6.04 Å². The lowest BCUT2D eigenvalue weighted by atomic mass is 9.89. The zero-order valence-corrected chi connectivity index (χ0v) is 7.72. The second-order valence-electron chi connectivity index (χ2n) is 3.58. The van der Waals surface area contributed by atoms with Gasteiger partial charge in [-0.25, -0.2) is 0 Å². The molecule has 0 aromatic rings. The number of nitrogens with two attached hydrogens (primary N) is 1. The van der Waals surface area contributed by atoms with E-state index in [2.05, 4.69) is 27.7 Å². The minimum absolute atomic E-state index is 0.365. The van der Waals surface area contributed by atoms with Gasteiger partial charge in [-0.3, -0.25) is 0 Å². The Morgan fingerprint density at radius 3 is 1.90 bits per heavy atom. The topological polar surface area (TPSA) is 26.0 Å². The molecule has 0 aromatic carbocycles. The average molecular weight is 143 g/mol. The number of hydrogen-bond donors (Lipinski definition) is 1. The van der Waals surface area contributed by atoms with E-state index in [1.54, 1.807) is 0 Å². The summed E-state index contributed by atoms with van der Waals surface area (Å²) in [6.45, 7) is 8.91. The largest absolute Gasteiger partial charge is 0.328 e. The van der Waals surface area contributed by atoms with Crippen molar-refractivity contribution in [2.24, 2.45) is 17.6 Å². The van der Waals surface area contributed by atoms with Crippen LogP contribution in [0.4, 0.5) is 0 Å². The number of hydrogen-bond acceptors (Lipinski definition) is 1. The van der Waals surface area contributed by atoms with E-state index >= 15 is 0 Å². The second-order valence-corrected chi connectivity index (χ2v) is 3.58. The molecule has 62 valence electrons. The van der Waals surface area contributed by atoms with Crippen molar-refractivity contribution in [2.75, 3.05) is 0 Å². The molecule has 0 aliphatic carbocycles. The fourth-order valence-corrected chi connectivity index (χ4v) is 1.22. The van der Waals surface area contributed by atoms with Crippen molar-refractivity contribution in [1.29, 1.82) is 0 Å². The Labute approximate surface area is 65.0 Å². The lowest BCUT2D eigenvalue weighted by Crippen LogP contribution is -2.21. The van der Waals surface area contributed by atoms with Crippen molar-refractivity contribution in [3.8, 4) is 0 Å². The maximum Gasteiger partial charge on any atom is 0.00131 e. The summed E-state index contributed by atoms with van der Waals surface area (Å²) in [5, 5.41) is 0. The Morgan fingerprint density at radius 2 is 1.60 bits per heavy atom. The first-order valence-corrected chi connectivity index (χ1v) is 4.33. The van der Waals surface area contributed by atoms with Crippen LogP contribution in [0.2, 0.25) is 0 Å². The predicted molar refractivity (Wildman–Crippen MR) is 46.9 cm³/mol. The third-order valence-electron chi connectivity index (χ3n) is 2.36. The molecule has 0 saturated heterocycles. The summed E-state index contributed by atoms with van der Waals surface area (Å²) < 4.78 is 0. The molecule has 0 rings (SSSR count). The summed E-state index contributed by atoms with van der Waals surface area (Å²) in [5.41, 5.74) is 5.69. The molecule has 2 N–H and O–H groups in total. The molecule has 0 aromatic heterocycles. The van der Waals surface area contributed by atoms with Crippen LogP contribution >= 0.6 is 0 Å². The molecule has 0 aliphatic rings. The van der Waals surface area contributed by atoms with Gasteiger partial charge >= 0.3 is 0 Å². The van der Waals surface area contributed by atoms with Crippen LogP contribution in [0.25, 0.3) is 0 Å². The summed E-state index contributed by atoms with van der Waals surface area (Å²) in [4.78, 5) is 0. The predicted octanol–water partition coefficient (Wildman–Crippen LogP) is 2.41. The van der Waals surface area contributed by atoms with Gasteiger partial charge in [-0.05, 0) is 25.2 Å². The summed E-state index contributed by atoms with van der Waals surface area (Å²) >= 11 is 0. The van der Waals surface area contributed by atoms with Gasteiger partial charge in [0.25, 0.3) is 0 Å². The van der Waals surface area contributed by atoms with E-state index in [0.29, 0.717) is 6.04 Å². The van der Waals surface area contributed by atoms with Gasteiger partial charge in [-0.1, -0.05) is 27.2 Å². The molecule has 0 aliphatic heterocycles. The SMILES string of the molecule is CC[C@@H](C)[C@@H](C)CC(C)N. The first-order valence-electron chi connectivity index (χ1n) is 4.33. The Morgan fingerprint density at radius 1 is 1.10 bits per heavy atom. The van der Waals surface area contributed by atoms with Crippen LogP contribution in [-0.2, 0) is 0 Å². The first kappa shape index (κ1) is 9.96. The minimum atomic E-state index is 0.365. The lowest BCUT2D eigenvalue weighted by molar-refractivity contribution is 0.336. The van der Waals surface area contributed by atoms with Crippen molar-refractivity contribution in [2.45, 2.75) is 46.6 Å². The van der Waals surface area contributed by atoms with E-state index in [1.807, 2.05) is 0 Å². The Kier molecular flexibility index (Phi) is 4.71.